The molecule has 2 rings (SSSR count). The monoisotopic (exact) mass is 200 g/mol. The Balaban J connectivity index is 1.68. The summed E-state index contributed by atoms with van der Waals surface area (Å²) in [7, 11) is 0. The number of rotatable bonds is 2. The summed E-state index contributed by atoms with van der Waals surface area (Å²) in [6.45, 7) is 5.50. The lowest BCUT2D eigenvalue weighted by atomic mass is 9.96. The predicted octanol–water partition coefficient (Wildman–Crippen LogP) is 1.42. The third-order valence-corrected chi connectivity index (χ3v) is 3.49. The molecule has 0 saturated carbocycles. The zero-order valence-electron chi connectivity index (χ0n) is 8.84. The average molecular weight is 200 g/mol. The number of hydrogen-bond acceptors (Lipinski definition) is 2. The van der Waals surface area contributed by atoms with Crippen LogP contribution in [0.3, 0.4) is 0 Å². The second-order valence-corrected chi connectivity index (χ2v) is 4.67. The third-order valence-electron chi connectivity index (χ3n) is 3.49. The Kier molecular flexibility index (Phi) is 3.76. The van der Waals surface area contributed by atoms with E-state index in [0.29, 0.717) is 0 Å². The standard InChI is InChI=1S/C11H21FN2/c12-11-3-7-14(8-4-11)9-10-1-5-13-6-2-10/h10-11,13H,1-9H2. The Morgan fingerprint density at radius 3 is 2.36 bits per heavy atom. The molecule has 2 heterocycles. The van der Waals surface area contributed by atoms with Gasteiger partial charge < -0.3 is 10.2 Å². The topological polar surface area (TPSA) is 15.3 Å². The molecule has 0 aromatic rings. The van der Waals surface area contributed by atoms with Crippen LogP contribution in [-0.4, -0.2) is 43.8 Å². The lowest BCUT2D eigenvalue weighted by Crippen LogP contribution is -2.40. The zero-order chi connectivity index (χ0) is 9.80. The lowest BCUT2D eigenvalue weighted by Gasteiger charge is -2.33. The Hall–Kier alpha value is -0.150. The summed E-state index contributed by atoms with van der Waals surface area (Å²) < 4.78 is 12.9. The summed E-state index contributed by atoms with van der Waals surface area (Å²) >= 11 is 0. The second kappa shape index (κ2) is 5.08. The van der Waals surface area contributed by atoms with Crippen molar-refractivity contribution in [1.29, 1.82) is 0 Å². The summed E-state index contributed by atoms with van der Waals surface area (Å²) in [5.41, 5.74) is 0. The normalized spacial score (nSPS) is 28.1. The number of nitrogens with one attached hydrogen (secondary N) is 1. The van der Waals surface area contributed by atoms with Crippen molar-refractivity contribution < 1.29 is 4.39 Å². The van der Waals surface area contributed by atoms with Gasteiger partial charge >= 0.3 is 0 Å². The quantitative estimate of drug-likeness (QED) is 0.725. The first-order valence-electron chi connectivity index (χ1n) is 5.92. The number of piperidine rings is 2. The highest BCUT2D eigenvalue weighted by Gasteiger charge is 2.21. The Morgan fingerprint density at radius 2 is 1.71 bits per heavy atom. The van der Waals surface area contributed by atoms with Gasteiger partial charge in [-0.15, -0.1) is 0 Å². The fraction of sp³-hybridized carbons (Fsp3) is 1.00. The fourth-order valence-electron chi connectivity index (χ4n) is 2.51. The Bertz CT molecular complexity index is 161. The van der Waals surface area contributed by atoms with Crippen molar-refractivity contribution in [3.05, 3.63) is 0 Å². The van der Waals surface area contributed by atoms with Crippen molar-refractivity contribution in [2.45, 2.75) is 31.9 Å². The maximum atomic E-state index is 12.9. The van der Waals surface area contributed by atoms with Crippen molar-refractivity contribution in [3.8, 4) is 0 Å². The van der Waals surface area contributed by atoms with E-state index in [0.717, 1.165) is 31.8 Å². The van der Waals surface area contributed by atoms with Gasteiger partial charge in [-0.2, -0.15) is 0 Å². The van der Waals surface area contributed by atoms with Gasteiger partial charge in [0.15, 0.2) is 0 Å². The van der Waals surface area contributed by atoms with E-state index in [-0.39, 0.29) is 0 Å². The zero-order valence-corrected chi connectivity index (χ0v) is 8.84. The van der Waals surface area contributed by atoms with Gasteiger partial charge in [0.1, 0.15) is 6.17 Å². The minimum absolute atomic E-state index is 0.528. The number of hydrogen-bond donors (Lipinski definition) is 1. The van der Waals surface area contributed by atoms with Gasteiger partial charge in [-0.1, -0.05) is 0 Å². The SMILES string of the molecule is FC1CCN(CC2CCNCC2)CC1. The molecule has 0 spiro atoms. The van der Waals surface area contributed by atoms with E-state index in [1.54, 1.807) is 0 Å². The summed E-state index contributed by atoms with van der Waals surface area (Å²) in [6.07, 6.45) is 3.58. The molecule has 3 heteroatoms. The van der Waals surface area contributed by atoms with Crippen molar-refractivity contribution in [3.63, 3.8) is 0 Å². The van der Waals surface area contributed by atoms with Gasteiger partial charge in [-0.3, -0.25) is 0 Å². The summed E-state index contributed by atoms with van der Waals surface area (Å²) in [4.78, 5) is 2.45. The summed E-state index contributed by atoms with van der Waals surface area (Å²) in [5.74, 6) is 0.854. The first-order valence-corrected chi connectivity index (χ1v) is 5.92. The number of alkyl halides is 1. The van der Waals surface area contributed by atoms with Crippen LogP contribution in [0.15, 0.2) is 0 Å². The minimum atomic E-state index is -0.528. The molecule has 0 unspecified atom stereocenters. The molecule has 2 nitrogen and oxygen atoms in total. The molecule has 2 fully saturated rings. The molecule has 0 aromatic heterocycles. The van der Waals surface area contributed by atoms with E-state index < -0.39 is 6.17 Å². The van der Waals surface area contributed by atoms with Gasteiger partial charge in [0.05, 0.1) is 0 Å². The molecule has 0 radical (unpaired) electrons. The molecule has 0 amide bonds. The average Bonchev–Trinajstić information content (AvgIpc) is 2.23. The van der Waals surface area contributed by atoms with Crippen LogP contribution in [-0.2, 0) is 0 Å². The molecule has 0 atom stereocenters. The van der Waals surface area contributed by atoms with E-state index in [2.05, 4.69) is 10.2 Å². The lowest BCUT2D eigenvalue weighted by molar-refractivity contribution is 0.126. The predicted molar refractivity (Wildman–Crippen MR) is 56.2 cm³/mol. The first kappa shape index (κ1) is 10.4. The third kappa shape index (κ3) is 2.92. The Labute approximate surface area is 85.9 Å². The maximum Gasteiger partial charge on any atom is 0.103 e. The van der Waals surface area contributed by atoms with Gasteiger partial charge in [0.25, 0.3) is 0 Å². The molecule has 2 saturated heterocycles. The van der Waals surface area contributed by atoms with Crippen LogP contribution in [0.5, 0.6) is 0 Å². The molecule has 2 aliphatic heterocycles. The van der Waals surface area contributed by atoms with E-state index in [1.807, 2.05) is 0 Å². The largest absolute Gasteiger partial charge is 0.317 e. The van der Waals surface area contributed by atoms with Crippen LogP contribution in [0.1, 0.15) is 25.7 Å². The molecule has 0 aromatic carbocycles. The van der Waals surface area contributed by atoms with Gasteiger partial charge in [0.2, 0.25) is 0 Å². The molecular formula is C11H21FN2. The maximum absolute atomic E-state index is 12.9. The van der Waals surface area contributed by atoms with Crippen molar-refractivity contribution >= 4 is 0 Å². The highest BCUT2D eigenvalue weighted by Crippen LogP contribution is 2.18. The number of halogens is 1. The second-order valence-electron chi connectivity index (χ2n) is 4.67. The van der Waals surface area contributed by atoms with E-state index >= 15 is 0 Å². The van der Waals surface area contributed by atoms with Crippen LogP contribution < -0.4 is 5.32 Å². The van der Waals surface area contributed by atoms with E-state index in [1.165, 1.54) is 32.5 Å². The molecule has 1 N–H and O–H groups in total. The van der Waals surface area contributed by atoms with Crippen LogP contribution in [0, 0.1) is 5.92 Å². The van der Waals surface area contributed by atoms with E-state index in [4.69, 9.17) is 0 Å². The number of nitrogens with zero attached hydrogens (tertiary/aromatic N) is 1. The molecule has 0 aliphatic carbocycles. The smallest absolute Gasteiger partial charge is 0.103 e. The highest BCUT2D eigenvalue weighted by molar-refractivity contribution is 4.76. The van der Waals surface area contributed by atoms with Gasteiger partial charge in [0, 0.05) is 19.6 Å². The minimum Gasteiger partial charge on any atom is -0.317 e. The fourth-order valence-corrected chi connectivity index (χ4v) is 2.51. The highest BCUT2D eigenvalue weighted by atomic mass is 19.1. The summed E-state index contributed by atoms with van der Waals surface area (Å²) in [6, 6.07) is 0. The van der Waals surface area contributed by atoms with Crippen LogP contribution >= 0.6 is 0 Å². The van der Waals surface area contributed by atoms with Crippen molar-refractivity contribution in [2.24, 2.45) is 5.92 Å². The van der Waals surface area contributed by atoms with Gasteiger partial charge in [-0.25, -0.2) is 4.39 Å². The van der Waals surface area contributed by atoms with Gasteiger partial charge in [-0.05, 0) is 44.7 Å². The molecule has 14 heavy (non-hydrogen) atoms. The van der Waals surface area contributed by atoms with Crippen molar-refractivity contribution in [2.75, 3.05) is 32.7 Å². The van der Waals surface area contributed by atoms with Crippen LogP contribution in [0.2, 0.25) is 0 Å². The molecule has 0 bridgehead atoms. The number of likely N-dealkylation sites (tertiary alicyclic amines) is 1. The molecular weight excluding hydrogens is 179 g/mol. The molecule has 82 valence electrons. The van der Waals surface area contributed by atoms with Crippen LogP contribution in [0.4, 0.5) is 4.39 Å². The summed E-state index contributed by atoms with van der Waals surface area (Å²) in [5, 5.41) is 3.38. The molecule has 2 aliphatic rings. The Morgan fingerprint density at radius 1 is 1.07 bits per heavy atom. The van der Waals surface area contributed by atoms with Crippen LogP contribution in [0.25, 0.3) is 0 Å². The van der Waals surface area contributed by atoms with E-state index in [9.17, 15) is 4.39 Å². The first-order chi connectivity index (χ1) is 6.84. The van der Waals surface area contributed by atoms with Crippen molar-refractivity contribution in [1.82, 2.24) is 10.2 Å².